The van der Waals surface area contributed by atoms with Crippen molar-refractivity contribution in [3.05, 3.63) is 24.0 Å². The lowest BCUT2D eigenvalue weighted by molar-refractivity contribution is -0.0495. The van der Waals surface area contributed by atoms with Gasteiger partial charge in [0.1, 0.15) is 17.1 Å². The Morgan fingerprint density at radius 1 is 1.31 bits per heavy atom. The molecule has 1 N–H and O–H groups in total. The smallest absolute Gasteiger partial charge is 0.270 e. The first-order valence-electron chi connectivity index (χ1n) is 10.4. The van der Waals surface area contributed by atoms with E-state index in [1.54, 1.807) is 12.3 Å². The van der Waals surface area contributed by atoms with E-state index in [1.807, 2.05) is 6.07 Å². The van der Waals surface area contributed by atoms with E-state index >= 15 is 0 Å². The van der Waals surface area contributed by atoms with E-state index in [0.717, 1.165) is 18.4 Å². The molecule has 0 radical (unpaired) electrons. The maximum Gasteiger partial charge on any atom is 0.270 e. The van der Waals surface area contributed by atoms with Crippen LogP contribution < -0.4 is 4.74 Å². The number of H-pyrrole nitrogens is 1. The van der Waals surface area contributed by atoms with Gasteiger partial charge >= 0.3 is 0 Å². The molecule has 0 aromatic carbocycles. The fraction of sp³-hybridized carbons (Fsp3) is 0.619. The number of pyridine rings is 1. The van der Waals surface area contributed by atoms with Gasteiger partial charge in [0.15, 0.2) is 0 Å². The number of hydrogen-bond acceptors (Lipinski definition) is 4. The summed E-state index contributed by atoms with van der Waals surface area (Å²) in [6.45, 7) is 5.23. The van der Waals surface area contributed by atoms with Crippen LogP contribution in [0, 0.1) is 0 Å². The SMILES string of the molecule is CC1CCCN1CCCOc1cnc2[nH]c(C(=O)N3CCC(F)(F)CC3)cc2c1. The summed E-state index contributed by atoms with van der Waals surface area (Å²) in [4.78, 5) is 23.9. The van der Waals surface area contributed by atoms with Crippen molar-refractivity contribution in [1.29, 1.82) is 0 Å². The van der Waals surface area contributed by atoms with Gasteiger partial charge in [-0.05, 0) is 44.9 Å². The van der Waals surface area contributed by atoms with Gasteiger partial charge in [0.05, 0.1) is 12.8 Å². The second kappa shape index (κ2) is 8.26. The van der Waals surface area contributed by atoms with Crippen molar-refractivity contribution < 1.29 is 18.3 Å². The minimum Gasteiger partial charge on any atom is -0.492 e. The molecule has 2 aromatic rings. The van der Waals surface area contributed by atoms with E-state index in [9.17, 15) is 13.6 Å². The number of likely N-dealkylation sites (tertiary alicyclic amines) is 2. The number of amides is 1. The fourth-order valence-corrected chi connectivity index (χ4v) is 4.18. The number of rotatable bonds is 6. The third-order valence-corrected chi connectivity index (χ3v) is 6.01. The molecule has 8 heteroatoms. The summed E-state index contributed by atoms with van der Waals surface area (Å²) in [7, 11) is 0. The van der Waals surface area contributed by atoms with Gasteiger partial charge in [0.2, 0.25) is 0 Å². The Balaban J connectivity index is 1.33. The lowest BCUT2D eigenvalue weighted by atomic mass is 10.1. The van der Waals surface area contributed by atoms with Crippen LogP contribution in [0.1, 0.15) is 49.5 Å². The Morgan fingerprint density at radius 2 is 2.10 bits per heavy atom. The number of ether oxygens (including phenoxy) is 1. The van der Waals surface area contributed by atoms with Crippen molar-refractivity contribution in [3.8, 4) is 5.75 Å². The highest BCUT2D eigenvalue weighted by Crippen LogP contribution is 2.29. The average molecular weight is 406 g/mol. The zero-order valence-corrected chi connectivity index (χ0v) is 16.8. The van der Waals surface area contributed by atoms with Crippen LogP contribution in [0.4, 0.5) is 8.78 Å². The number of piperidine rings is 1. The first-order chi connectivity index (χ1) is 13.9. The summed E-state index contributed by atoms with van der Waals surface area (Å²) < 4.78 is 32.5. The number of fused-ring (bicyclic) bond motifs is 1. The summed E-state index contributed by atoms with van der Waals surface area (Å²) in [6, 6.07) is 4.24. The normalized spacial score (nSPS) is 22.3. The van der Waals surface area contributed by atoms with Crippen molar-refractivity contribution >= 4 is 16.9 Å². The molecule has 1 amide bonds. The highest BCUT2D eigenvalue weighted by atomic mass is 19.3. The van der Waals surface area contributed by atoms with Crippen LogP contribution in [-0.2, 0) is 0 Å². The zero-order chi connectivity index (χ0) is 20.4. The van der Waals surface area contributed by atoms with E-state index in [0.29, 0.717) is 29.7 Å². The van der Waals surface area contributed by atoms with Crippen LogP contribution in [0.25, 0.3) is 11.0 Å². The molecule has 2 aliphatic rings. The van der Waals surface area contributed by atoms with E-state index in [-0.39, 0.29) is 31.8 Å². The first kappa shape index (κ1) is 20.1. The molecule has 29 heavy (non-hydrogen) atoms. The molecule has 2 aliphatic heterocycles. The zero-order valence-electron chi connectivity index (χ0n) is 16.8. The van der Waals surface area contributed by atoms with Gasteiger partial charge in [-0.25, -0.2) is 13.8 Å². The molecule has 0 spiro atoms. The van der Waals surface area contributed by atoms with Gasteiger partial charge in [-0.15, -0.1) is 0 Å². The summed E-state index contributed by atoms with van der Waals surface area (Å²) in [5.74, 6) is -2.26. The lowest BCUT2D eigenvalue weighted by Gasteiger charge is -2.31. The molecule has 158 valence electrons. The van der Waals surface area contributed by atoms with Crippen LogP contribution >= 0.6 is 0 Å². The molecule has 0 bridgehead atoms. The van der Waals surface area contributed by atoms with E-state index in [1.165, 1.54) is 24.3 Å². The molecular weight excluding hydrogens is 378 g/mol. The predicted molar refractivity (Wildman–Crippen MR) is 107 cm³/mol. The van der Waals surface area contributed by atoms with E-state index in [4.69, 9.17) is 4.74 Å². The number of halogens is 2. The van der Waals surface area contributed by atoms with Gasteiger partial charge in [0.25, 0.3) is 11.8 Å². The van der Waals surface area contributed by atoms with Gasteiger partial charge < -0.3 is 19.5 Å². The summed E-state index contributed by atoms with van der Waals surface area (Å²) in [5.41, 5.74) is 0.965. The number of nitrogens with one attached hydrogen (secondary N) is 1. The average Bonchev–Trinajstić information content (AvgIpc) is 3.30. The number of nitrogens with zero attached hydrogens (tertiary/aromatic N) is 3. The highest BCUT2D eigenvalue weighted by Gasteiger charge is 2.36. The van der Waals surface area contributed by atoms with E-state index < -0.39 is 5.92 Å². The maximum atomic E-state index is 13.3. The standard InChI is InChI=1S/C21H28F2N4O2/c1-15-4-2-7-26(15)8-3-11-29-17-12-16-13-18(25-19(16)24-14-17)20(28)27-9-5-21(22,23)6-10-27/h12-15H,2-11H2,1H3,(H,24,25). The molecule has 0 aliphatic carbocycles. The maximum absolute atomic E-state index is 13.3. The Kier molecular flexibility index (Phi) is 5.72. The van der Waals surface area contributed by atoms with E-state index in [2.05, 4.69) is 21.8 Å². The molecule has 2 aromatic heterocycles. The Bertz CT molecular complexity index is 859. The quantitative estimate of drug-likeness (QED) is 0.744. The van der Waals surface area contributed by atoms with Gasteiger partial charge in [-0.1, -0.05) is 0 Å². The Morgan fingerprint density at radius 3 is 2.83 bits per heavy atom. The minimum atomic E-state index is -2.67. The van der Waals surface area contributed by atoms with Crippen molar-refractivity contribution in [1.82, 2.24) is 19.8 Å². The van der Waals surface area contributed by atoms with Crippen LogP contribution in [0.3, 0.4) is 0 Å². The largest absolute Gasteiger partial charge is 0.492 e. The minimum absolute atomic E-state index is 0.0681. The van der Waals surface area contributed by atoms with Crippen molar-refractivity contribution in [2.24, 2.45) is 0 Å². The van der Waals surface area contributed by atoms with Crippen molar-refractivity contribution in [2.45, 2.75) is 51.0 Å². The molecule has 2 fully saturated rings. The topological polar surface area (TPSA) is 61.5 Å². The predicted octanol–water partition coefficient (Wildman–Crippen LogP) is 3.69. The molecule has 6 nitrogen and oxygen atoms in total. The van der Waals surface area contributed by atoms with Gasteiger partial charge in [0, 0.05) is 43.9 Å². The summed E-state index contributed by atoms with van der Waals surface area (Å²) in [5, 5.41) is 0.779. The molecule has 4 heterocycles. The lowest BCUT2D eigenvalue weighted by Crippen LogP contribution is -2.42. The highest BCUT2D eigenvalue weighted by molar-refractivity contribution is 5.97. The molecule has 1 atom stereocenters. The number of carbonyl (C=O) groups excluding carboxylic acids is 1. The molecular formula is C21H28F2N4O2. The van der Waals surface area contributed by atoms with Crippen LogP contribution in [-0.4, -0.2) is 70.4 Å². The van der Waals surface area contributed by atoms with Crippen LogP contribution in [0.5, 0.6) is 5.75 Å². The number of alkyl halides is 2. The van der Waals surface area contributed by atoms with Crippen molar-refractivity contribution in [3.63, 3.8) is 0 Å². The Hall–Kier alpha value is -2.22. The van der Waals surface area contributed by atoms with Gasteiger partial charge in [-0.3, -0.25) is 4.79 Å². The molecule has 4 rings (SSSR count). The Labute approximate surface area is 169 Å². The number of hydrogen-bond donors (Lipinski definition) is 1. The van der Waals surface area contributed by atoms with Gasteiger partial charge in [-0.2, -0.15) is 0 Å². The monoisotopic (exact) mass is 406 g/mol. The summed E-state index contributed by atoms with van der Waals surface area (Å²) >= 11 is 0. The number of aromatic amines is 1. The second-order valence-corrected chi connectivity index (χ2v) is 8.17. The van der Waals surface area contributed by atoms with Crippen LogP contribution in [0.2, 0.25) is 0 Å². The summed E-state index contributed by atoms with van der Waals surface area (Å²) in [6.07, 6.45) is 4.58. The fourth-order valence-electron chi connectivity index (χ4n) is 4.18. The van der Waals surface area contributed by atoms with Crippen molar-refractivity contribution in [2.75, 3.05) is 32.8 Å². The first-order valence-corrected chi connectivity index (χ1v) is 10.4. The molecule has 1 unspecified atom stereocenters. The number of carbonyl (C=O) groups is 1. The molecule has 0 saturated carbocycles. The van der Waals surface area contributed by atoms with Crippen LogP contribution in [0.15, 0.2) is 18.3 Å². The third-order valence-electron chi connectivity index (χ3n) is 6.01. The third kappa shape index (κ3) is 4.69. The number of aromatic nitrogens is 2. The molecule has 2 saturated heterocycles. The second-order valence-electron chi connectivity index (χ2n) is 8.17.